The summed E-state index contributed by atoms with van der Waals surface area (Å²) in [5.41, 5.74) is -0.608. The molecular weight excluding hydrogens is 322 g/mol. The molecule has 2 atom stereocenters. The van der Waals surface area contributed by atoms with Crippen LogP contribution in [0.5, 0.6) is 0 Å². The van der Waals surface area contributed by atoms with Gasteiger partial charge in [-0.15, -0.1) is 0 Å². The van der Waals surface area contributed by atoms with Gasteiger partial charge in [-0.1, -0.05) is 6.92 Å². The lowest BCUT2D eigenvalue weighted by Gasteiger charge is -2.44. The highest BCUT2D eigenvalue weighted by atomic mass is 32.2. The Balaban J connectivity index is 1.84. The third-order valence-corrected chi connectivity index (χ3v) is 6.63. The summed E-state index contributed by atoms with van der Waals surface area (Å²) < 4.78 is 5.44. The van der Waals surface area contributed by atoms with Gasteiger partial charge in [0.05, 0.1) is 12.1 Å². The molecular formula is C18H35N3O2S. The van der Waals surface area contributed by atoms with Gasteiger partial charge in [-0.05, 0) is 50.7 Å². The van der Waals surface area contributed by atoms with E-state index in [-0.39, 0.29) is 0 Å². The third kappa shape index (κ3) is 5.53. The molecule has 0 aromatic rings. The maximum absolute atomic E-state index is 10.7. The predicted molar refractivity (Wildman–Crippen MR) is 103 cm³/mol. The van der Waals surface area contributed by atoms with Crippen LogP contribution in [0.3, 0.4) is 0 Å². The van der Waals surface area contributed by atoms with Crippen molar-refractivity contribution in [1.29, 1.82) is 0 Å². The first-order chi connectivity index (χ1) is 11.6. The lowest BCUT2D eigenvalue weighted by atomic mass is 9.79. The molecule has 2 aliphatic rings. The molecule has 6 heteroatoms. The molecule has 1 aliphatic heterocycles. The Bertz CT molecular complexity index is 402. The van der Waals surface area contributed by atoms with Crippen LogP contribution in [-0.4, -0.2) is 72.5 Å². The van der Waals surface area contributed by atoms with Gasteiger partial charge in [-0.3, -0.25) is 4.99 Å². The lowest BCUT2D eigenvalue weighted by Crippen LogP contribution is -2.53. The topological polar surface area (TPSA) is 57.1 Å². The fourth-order valence-electron chi connectivity index (χ4n) is 3.41. The number of thioether (sulfide) groups is 1. The van der Waals surface area contributed by atoms with E-state index in [9.17, 15) is 5.11 Å². The molecule has 2 rings (SSSR count). The molecule has 2 fully saturated rings. The Labute approximate surface area is 151 Å². The number of hydrogen-bond donors (Lipinski definition) is 2. The molecule has 0 radical (unpaired) electrons. The highest BCUT2D eigenvalue weighted by molar-refractivity contribution is 8.00. The van der Waals surface area contributed by atoms with Crippen molar-refractivity contribution in [2.24, 2.45) is 10.9 Å². The minimum Gasteiger partial charge on any atom is -0.387 e. The molecule has 1 aliphatic carbocycles. The zero-order valence-electron chi connectivity index (χ0n) is 15.6. The van der Waals surface area contributed by atoms with Crippen LogP contribution < -0.4 is 5.32 Å². The third-order valence-electron chi connectivity index (χ3n) is 5.22. The summed E-state index contributed by atoms with van der Waals surface area (Å²) >= 11 is 1.86. The van der Waals surface area contributed by atoms with Crippen LogP contribution >= 0.6 is 11.8 Å². The second-order valence-electron chi connectivity index (χ2n) is 7.02. The van der Waals surface area contributed by atoms with Crippen LogP contribution in [0.15, 0.2) is 4.99 Å². The largest absolute Gasteiger partial charge is 0.387 e. The number of rotatable bonds is 8. The van der Waals surface area contributed by atoms with E-state index in [4.69, 9.17) is 9.73 Å². The molecule has 0 amide bonds. The van der Waals surface area contributed by atoms with Crippen LogP contribution in [0.4, 0.5) is 0 Å². The molecule has 24 heavy (non-hydrogen) atoms. The smallest absolute Gasteiger partial charge is 0.193 e. The van der Waals surface area contributed by atoms with E-state index in [1.807, 2.05) is 11.8 Å². The molecule has 1 saturated carbocycles. The summed E-state index contributed by atoms with van der Waals surface area (Å²) in [5, 5.41) is 14.5. The van der Waals surface area contributed by atoms with Gasteiger partial charge in [-0.2, -0.15) is 11.8 Å². The van der Waals surface area contributed by atoms with Gasteiger partial charge >= 0.3 is 0 Å². The lowest BCUT2D eigenvalue weighted by molar-refractivity contribution is -0.0156. The van der Waals surface area contributed by atoms with Crippen LogP contribution in [0.1, 0.15) is 46.0 Å². The van der Waals surface area contributed by atoms with Crippen molar-refractivity contribution in [2.75, 3.05) is 45.6 Å². The first-order valence-corrected chi connectivity index (χ1v) is 10.5. The van der Waals surface area contributed by atoms with E-state index in [1.54, 1.807) is 0 Å². The minimum absolute atomic E-state index is 0.349. The van der Waals surface area contributed by atoms with Crippen molar-refractivity contribution in [2.45, 2.75) is 56.8 Å². The van der Waals surface area contributed by atoms with E-state index in [1.165, 1.54) is 19.3 Å². The first kappa shape index (κ1) is 19.9. The maximum atomic E-state index is 10.7. The fourth-order valence-corrected chi connectivity index (χ4v) is 4.60. The Morgan fingerprint density at radius 2 is 2.08 bits per heavy atom. The number of aliphatic hydroxyl groups is 1. The number of nitrogens with one attached hydrogen (secondary N) is 1. The van der Waals surface area contributed by atoms with Gasteiger partial charge < -0.3 is 20.1 Å². The summed E-state index contributed by atoms with van der Waals surface area (Å²) in [7, 11) is 2.10. The number of ether oxygens (including phenoxy) is 1. The molecule has 0 aromatic carbocycles. The van der Waals surface area contributed by atoms with E-state index >= 15 is 0 Å². The van der Waals surface area contributed by atoms with Gasteiger partial charge in [0, 0.05) is 38.6 Å². The molecule has 1 heterocycles. The Morgan fingerprint density at radius 1 is 1.33 bits per heavy atom. The number of hydrogen-bond acceptors (Lipinski definition) is 4. The van der Waals surface area contributed by atoms with Crippen molar-refractivity contribution in [3.05, 3.63) is 0 Å². The van der Waals surface area contributed by atoms with Crippen molar-refractivity contribution < 1.29 is 9.84 Å². The average molecular weight is 358 g/mol. The van der Waals surface area contributed by atoms with Crippen molar-refractivity contribution in [1.82, 2.24) is 10.2 Å². The van der Waals surface area contributed by atoms with Gasteiger partial charge in [0.15, 0.2) is 5.96 Å². The van der Waals surface area contributed by atoms with E-state index in [2.05, 4.69) is 31.1 Å². The maximum Gasteiger partial charge on any atom is 0.193 e. The van der Waals surface area contributed by atoms with Gasteiger partial charge in [0.1, 0.15) is 0 Å². The van der Waals surface area contributed by atoms with Gasteiger partial charge in [-0.25, -0.2) is 0 Å². The number of guanidine groups is 1. The van der Waals surface area contributed by atoms with E-state index in [0.29, 0.717) is 11.8 Å². The fraction of sp³-hybridized carbons (Fsp3) is 0.944. The predicted octanol–water partition coefficient (Wildman–Crippen LogP) is 2.35. The van der Waals surface area contributed by atoms with E-state index < -0.39 is 5.60 Å². The zero-order valence-corrected chi connectivity index (χ0v) is 16.4. The van der Waals surface area contributed by atoms with Crippen LogP contribution in [0.25, 0.3) is 0 Å². The van der Waals surface area contributed by atoms with Crippen molar-refractivity contribution in [3.8, 4) is 0 Å². The quantitative estimate of drug-likeness (QED) is 0.516. The minimum atomic E-state index is -0.608. The summed E-state index contributed by atoms with van der Waals surface area (Å²) in [5.74, 6) is 2.75. The Morgan fingerprint density at radius 3 is 2.67 bits per heavy atom. The van der Waals surface area contributed by atoms with Crippen LogP contribution in [0.2, 0.25) is 0 Å². The van der Waals surface area contributed by atoms with Crippen LogP contribution in [-0.2, 0) is 4.74 Å². The van der Waals surface area contributed by atoms with Crippen LogP contribution in [0, 0.1) is 5.92 Å². The Kier molecular flexibility index (Phi) is 8.17. The average Bonchev–Trinajstić information content (AvgIpc) is 2.60. The van der Waals surface area contributed by atoms with Crippen molar-refractivity contribution >= 4 is 17.7 Å². The summed E-state index contributed by atoms with van der Waals surface area (Å²) in [6.07, 6.45) is 5.53. The summed E-state index contributed by atoms with van der Waals surface area (Å²) in [6.45, 7) is 8.43. The first-order valence-electron chi connectivity index (χ1n) is 9.50. The molecule has 2 N–H and O–H groups in total. The standard InChI is InChI=1S/C18H35N3O2S/c1-4-19-17(20-14-18(22)10-6-16(18)24-5-2)21(3)11-7-15-8-12-23-13-9-15/h15-16,22H,4-14H2,1-3H3,(H,19,20). The van der Waals surface area contributed by atoms with E-state index in [0.717, 1.165) is 56.8 Å². The molecule has 1 saturated heterocycles. The second-order valence-corrected chi connectivity index (χ2v) is 8.50. The normalized spacial score (nSPS) is 28.5. The van der Waals surface area contributed by atoms with Gasteiger partial charge in [0.2, 0.25) is 0 Å². The second kappa shape index (κ2) is 9.88. The Hall–Kier alpha value is -0.460. The number of aliphatic imine (C=N–C) groups is 1. The van der Waals surface area contributed by atoms with Gasteiger partial charge in [0.25, 0.3) is 0 Å². The number of nitrogens with zero attached hydrogens (tertiary/aromatic N) is 2. The molecule has 0 bridgehead atoms. The van der Waals surface area contributed by atoms with Crippen molar-refractivity contribution in [3.63, 3.8) is 0 Å². The molecule has 140 valence electrons. The monoisotopic (exact) mass is 357 g/mol. The summed E-state index contributed by atoms with van der Waals surface area (Å²) in [6, 6.07) is 0. The highest BCUT2D eigenvalue weighted by Crippen LogP contribution is 2.41. The summed E-state index contributed by atoms with van der Waals surface area (Å²) in [4.78, 5) is 6.96. The highest BCUT2D eigenvalue weighted by Gasteiger charge is 2.45. The molecule has 0 spiro atoms. The molecule has 0 aromatic heterocycles. The molecule has 2 unspecified atom stereocenters. The molecule has 5 nitrogen and oxygen atoms in total. The zero-order chi connectivity index (χ0) is 17.4. The SMILES string of the molecule is CCNC(=NCC1(O)CCC1SCC)N(C)CCC1CCOCC1.